The van der Waals surface area contributed by atoms with Gasteiger partial charge in [0.25, 0.3) is 0 Å². The van der Waals surface area contributed by atoms with E-state index in [2.05, 4.69) is 27.9 Å². The van der Waals surface area contributed by atoms with Crippen LogP contribution in [0.1, 0.15) is 11.7 Å². The highest BCUT2D eigenvalue weighted by molar-refractivity contribution is 14.1. The number of benzene rings is 3. The number of para-hydroxylation sites is 1. The minimum Gasteiger partial charge on any atom is -0.508 e. The number of ether oxygens (including phenoxy) is 4. The third kappa shape index (κ3) is 6.35. The summed E-state index contributed by atoms with van der Waals surface area (Å²) in [5, 5.41) is 22.4. The Hall–Kier alpha value is -3.93. The van der Waals surface area contributed by atoms with Crippen LogP contribution in [0.5, 0.6) is 23.0 Å². The second-order valence-electron chi connectivity index (χ2n) is 7.31. The highest BCUT2D eigenvalue weighted by Crippen LogP contribution is 2.36. The molecule has 9 nitrogen and oxygen atoms in total. The van der Waals surface area contributed by atoms with Crippen LogP contribution in [0, 0.1) is 3.57 Å². The van der Waals surface area contributed by atoms with Gasteiger partial charge in [0.1, 0.15) is 11.5 Å². The molecule has 3 aromatic carbocycles. The largest absolute Gasteiger partial charge is 0.508 e. The molecule has 3 N–H and O–H groups in total. The van der Waals surface area contributed by atoms with Crippen LogP contribution < -0.4 is 19.5 Å². The molecule has 0 radical (unpaired) electrons. The molecule has 3 aromatic rings. The summed E-state index contributed by atoms with van der Waals surface area (Å²) >= 11 is 2.06. The maximum absolute atomic E-state index is 12.9. The average Bonchev–Trinajstić information content (AvgIpc) is 3.30. The zero-order valence-corrected chi connectivity index (χ0v) is 20.2. The smallest absolute Gasteiger partial charge is 0.412 e. The Bertz CT molecular complexity index is 1250. The molecule has 1 heterocycles. The lowest BCUT2D eigenvalue weighted by Crippen LogP contribution is -2.30. The Morgan fingerprint density at radius 2 is 1.80 bits per heavy atom. The van der Waals surface area contributed by atoms with Gasteiger partial charge in [0.05, 0.1) is 0 Å². The van der Waals surface area contributed by atoms with Gasteiger partial charge in [-0.15, -0.1) is 0 Å². The van der Waals surface area contributed by atoms with Crippen molar-refractivity contribution in [3.63, 3.8) is 0 Å². The summed E-state index contributed by atoms with van der Waals surface area (Å²) in [4.78, 5) is 24.2. The van der Waals surface area contributed by atoms with Crippen LogP contribution in [-0.2, 0) is 9.53 Å². The van der Waals surface area contributed by atoms with Crippen molar-refractivity contribution in [2.45, 2.75) is 12.2 Å². The predicted molar refractivity (Wildman–Crippen MR) is 134 cm³/mol. The van der Waals surface area contributed by atoms with Crippen LogP contribution >= 0.6 is 22.6 Å². The molecular weight excluding hydrogens is 569 g/mol. The summed E-state index contributed by atoms with van der Waals surface area (Å²) in [7, 11) is 0. The highest BCUT2D eigenvalue weighted by atomic mass is 127. The van der Waals surface area contributed by atoms with Gasteiger partial charge in [-0.2, -0.15) is 0 Å². The normalized spacial score (nSPS) is 13.7. The van der Waals surface area contributed by atoms with Crippen molar-refractivity contribution < 1.29 is 38.7 Å². The van der Waals surface area contributed by atoms with Crippen molar-refractivity contribution in [2.75, 3.05) is 12.1 Å². The van der Waals surface area contributed by atoms with Crippen molar-refractivity contribution in [1.29, 1.82) is 0 Å². The number of carboxylic acid groups (broad SMARTS) is 1. The number of fused-ring (bicyclic) bond motifs is 1. The third-order valence-electron chi connectivity index (χ3n) is 4.89. The summed E-state index contributed by atoms with van der Waals surface area (Å²) in [5.74, 6) is 0.103. The van der Waals surface area contributed by atoms with Crippen LogP contribution in [0.4, 0.5) is 10.5 Å². The molecule has 4 rings (SSSR count). The van der Waals surface area contributed by atoms with Crippen molar-refractivity contribution in [2.24, 2.45) is 0 Å². The molecule has 1 aliphatic rings. The van der Waals surface area contributed by atoms with Gasteiger partial charge in [0.2, 0.25) is 6.79 Å². The number of phenols is 1. The minimum absolute atomic E-state index is 0.0889. The number of amides is 1. The molecule has 35 heavy (non-hydrogen) atoms. The predicted octanol–water partition coefficient (Wildman–Crippen LogP) is 5.10. The lowest BCUT2D eigenvalue weighted by molar-refractivity contribution is -0.131. The summed E-state index contributed by atoms with van der Waals surface area (Å²) in [5.41, 5.74) is 0.639. The number of nitrogens with one attached hydrogen (secondary N) is 1. The number of rotatable bonds is 8. The van der Waals surface area contributed by atoms with Gasteiger partial charge >= 0.3 is 12.1 Å². The van der Waals surface area contributed by atoms with Gasteiger partial charge in [0, 0.05) is 27.0 Å². The molecule has 0 spiro atoms. The fraction of sp³-hybridized carbons (Fsp3) is 0.120. The van der Waals surface area contributed by atoms with Gasteiger partial charge in [-0.3, -0.25) is 5.32 Å². The molecule has 0 fully saturated rings. The molecule has 0 unspecified atom stereocenters. The minimum atomic E-state index is -1.21. The SMILES string of the molecule is O=C(O)/C=C/[C@@H](Oc1ccccc1)[C@H](OC(=O)Nc1ccc2c(c1)OCO2)c1cc(I)ccc1O. The Kier molecular flexibility index (Phi) is 7.60. The number of aliphatic carboxylic acids is 1. The number of carbonyl (C=O) groups excluding carboxylic acids is 1. The molecule has 0 aliphatic carbocycles. The van der Waals surface area contributed by atoms with Crippen molar-refractivity contribution in [1.82, 2.24) is 0 Å². The summed E-state index contributed by atoms with van der Waals surface area (Å²) < 4.78 is 23.1. The molecule has 0 aromatic heterocycles. The molecule has 0 saturated carbocycles. The Morgan fingerprint density at radius 3 is 2.57 bits per heavy atom. The van der Waals surface area contributed by atoms with E-state index in [4.69, 9.17) is 18.9 Å². The van der Waals surface area contributed by atoms with Gasteiger partial charge in [-0.25, -0.2) is 9.59 Å². The van der Waals surface area contributed by atoms with Crippen LogP contribution in [0.15, 0.2) is 78.9 Å². The van der Waals surface area contributed by atoms with E-state index in [0.717, 1.165) is 9.65 Å². The Morgan fingerprint density at radius 1 is 1.03 bits per heavy atom. The zero-order valence-electron chi connectivity index (χ0n) is 18.1. The first kappa shape index (κ1) is 24.2. The van der Waals surface area contributed by atoms with E-state index >= 15 is 0 Å². The monoisotopic (exact) mass is 589 g/mol. The van der Waals surface area contributed by atoms with Crippen LogP contribution in [0.2, 0.25) is 0 Å². The number of carboxylic acids is 1. The van der Waals surface area contributed by atoms with Gasteiger partial charge in [-0.05, 0) is 71.1 Å². The van der Waals surface area contributed by atoms with E-state index in [-0.39, 0.29) is 18.1 Å². The maximum Gasteiger partial charge on any atom is 0.412 e. The first-order chi connectivity index (χ1) is 16.9. The van der Waals surface area contributed by atoms with E-state index < -0.39 is 24.3 Å². The molecule has 1 aliphatic heterocycles. The second-order valence-corrected chi connectivity index (χ2v) is 8.56. The van der Waals surface area contributed by atoms with Crippen molar-refractivity contribution in [3.8, 4) is 23.0 Å². The van der Waals surface area contributed by atoms with Gasteiger partial charge < -0.3 is 29.2 Å². The topological polar surface area (TPSA) is 124 Å². The molecule has 0 bridgehead atoms. The standard InChI is InChI=1S/C25H20INO8/c26-15-6-8-19(28)18(12-15)24(21(10-11-23(29)30)34-17-4-2-1-3-5-17)35-25(31)27-16-7-9-20-22(13-16)33-14-32-20/h1-13,21,24,28H,14H2,(H,27,31)(H,29,30)/b11-10+/t21-,24-/m1/s1. The van der Waals surface area contributed by atoms with E-state index in [1.165, 1.54) is 12.1 Å². The van der Waals surface area contributed by atoms with Crippen molar-refractivity contribution in [3.05, 3.63) is 88.0 Å². The van der Waals surface area contributed by atoms with Crippen LogP contribution in [0.25, 0.3) is 0 Å². The van der Waals surface area contributed by atoms with E-state index in [9.17, 15) is 19.8 Å². The maximum atomic E-state index is 12.9. The molecule has 180 valence electrons. The molecule has 10 heteroatoms. The molecule has 0 saturated heterocycles. The van der Waals surface area contributed by atoms with Crippen LogP contribution in [-0.4, -0.2) is 35.2 Å². The second kappa shape index (κ2) is 11.0. The van der Waals surface area contributed by atoms with E-state index in [0.29, 0.717) is 22.9 Å². The van der Waals surface area contributed by atoms with Crippen molar-refractivity contribution >= 4 is 40.3 Å². The number of phenolic OH excluding ortho intramolecular Hbond substituents is 1. The van der Waals surface area contributed by atoms with Gasteiger partial charge in [-0.1, -0.05) is 18.2 Å². The fourth-order valence-corrected chi connectivity index (χ4v) is 3.85. The van der Waals surface area contributed by atoms with Crippen LogP contribution in [0.3, 0.4) is 0 Å². The summed E-state index contributed by atoms with van der Waals surface area (Å²) in [6, 6.07) is 18.3. The number of carbonyl (C=O) groups is 2. The lowest BCUT2D eigenvalue weighted by Gasteiger charge is -2.27. The number of anilines is 1. The third-order valence-corrected chi connectivity index (χ3v) is 5.56. The highest BCUT2D eigenvalue weighted by Gasteiger charge is 2.30. The molecule has 2 atom stereocenters. The Labute approximate surface area is 214 Å². The quantitative estimate of drug-likeness (QED) is 0.245. The number of halogens is 1. The molecule has 1 amide bonds. The fourth-order valence-electron chi connectivity index (χ4n) is 3.33. The van der Waals surface area contributed by atoms with E-state index in [1.807, 2.05) is 0 Å². The number of hydrogen-bond donors (Lipinski definition) is 3. The first-order valence-electron chi connectivity index (χ1n) is 10.4. The molecular formula is C25H20INO8. The van der Waals surface area contributed by atoms with Gasteiger partial charge in [0.15, 0.2) is 23.7 Å². The zero-order chi connectivity index (χ0) is 24.8. The van der Waals surface area contributed by atoms with E-state index in [1.54, 1.807) is 60.7 Å². The number of aromatic hydroxyl groups is 1. The Balaban J connectivity index is 1.65. The summed E-state index contributed by atoms with van der Waals surface area (Å²) in [6.07, 6.45) is -0.982. The first-order valence-corrected chi connectivity index (χ1v) is 11.5. The lowest BCUT2D eigenvalue weighted by atomic mass is 10.0. The average molecular weight is 589 g/mol. The summed E-state index contributed by atoms with van der Waals surface area (Å²) in [6.45, 7) is 0.0889. The number of hydrogen-bond acceptors (Lipinski definition) is 7.